The third kappa shape index (κ3) is 4.46. The van der Waals surface area contributed by atoms with Crippen molar-refractivity contribution in [3.63, 3.8) is 0 Å². The Morgan fingerprint density at radius 2 is 1.74 bits per heavy atom. The summed E-state index contributed by atoms with van der Waals surface area (Å²) in [4.78, 5) is 0. The third-order valence-electron chi connectivity index (χ3n) is 3.97. The van der Waals surface area contributed by atoms with Crippen molar-refractivity contribution in [2.75, 3.05) is 6.61 Å². The van der Waals surface area contributed by atoms with E-state index in [0.717, 1.165) is 5.56 Å². The lowest BCUT2D eigenvalue weighted by Crippen LogP contribution is -2.41. The Kier molecular flexibility index (Phi) is 5.38. The molecule has 0 aliphatic rings. The molecule has 0 atom stereocenters. The zero-order chi connectivity index (χ0) is 14.7. The average molecular weight is 280 g/mol. The first-order chi connectivity index (χ1) is 8.65. The maximum absolute atomic E-state index is 9.32. The lowest BCUT2D eigenvalue weighted by molar-refractivity contribution is 0.292. The van der Waals surface area contributed by atoms with E-state index >= 15 is 0 Å². The molecule has 0 amide bonds. The van der Waals surface area contributed by atoms with Gasteiger partial charge in [0.15, 0.2) is 8.32 Å². The van der Waals surface area contributed by atoms with E-state index in [-0.39, 0.29) is 5.04 Å². The summed E-state index contributed by atoms with van der Waals surface area (Å²) < 4.78 is 6.11. The van der Waals surface area contributed by atoms with Crippen molar-refractivity contribution in [2.45, 2.75) is 45.3 Å². The van der Waals surface area contributed by atoms with Gasteiger partial charge in [0.2, 0.25) is 0 Å². The van der Waals surface area contributed by atoms with E-state index in [1.54, 1.807) is 6.07 Å². The molecule has 0 spiro atoms. The summed E-state index contributed by atoms with van der Waals surface area (Å²) in [5.74, 6) is 0. The SMILES string of the molecule is CC(C)(C)[Si](C)(C)OCCc1ccccc1B(O)O. The second kappa shape index (κ2) is 6.22. The van der Waals surface area contributed by atoms with Gasteiger partial charge in [-0.25, -0.2) is 0 Å². The van der Waals surface area contributed by atoms with Crippen LogP contribution in [0.25, 0.3) is 0 Å². The van der Waals surface area contributed by atoms with E-state index in [1.807, 2.05) is 18.2 Å². The molecule has 0 fully saturated rings. The van der Waals surface area contributed by atoms with E-state index in [2.05, 4.69) is 33.9 Å². The number of hydrogen-bond acceptors (Lipinski definition) is 3. The minimum absolute atomic E-state index is 0.197. The Labute approximate surface area is 117 Å². The van der Waals surface area contributed by atoms with E-state index in [4.69, 9.17) is 4.43 Å². The molecule has 1 aromatic carbocycles. The fraction of sp³-hybridized carbons (Fsp3) is 0.571. The quantitative estimate of drug-likeness (QED) is 0.810. The van der Waals surface area contributed by atoms with Crippen molar-refractivity contribution in [2.24, 2.45) is 0 Å². The van der Waals surface area contributed by atoms with Crippen LogP contribution in [0.4, 0.5) is 0 Å². The lowest BCUT2D eigenvalue weighted by Gasteiger charge is -2.36. The van der Waals surface area contributed by atoms with Gasteiger partial charge in [-0.05, 0) is 35.6 Å². The topological polar surface area (TPSA) is 49.7 Å². The van der Waals surface area contributed by atoms with Crippen molar-refractivity contribution in [1.82, 2.24) is 0 Å². The minimum Gasteiger partial charge on any atom is -0.423 e. The Hall–Kier alpha value is -0.618. The molecule has 0 aliphatic carbocycles. The second-order valence-electron chi connectivity index (χ2n) is 6.43. The minimum atomic E-state index is -1.73. The van der Waals surface area contributed by atoms with Gasteiger partial charge in [0.25, 0.3) is 0 Å². The molecular weight excluding hydrogens is 255 g/mol. The number of rotatable bonds is 5. The van der Waals surface area contributed by atoms with Crippen LogP contribution in [0, 0.1) is 0 Å². The normalized spacial score (nSPS) is 12.6. The van der Waals surface area contributed by atoms with Crippen molar-refractivity contribution in [1.29, 1.82) is 0 Å². The summed E-state index contributed by atoms with van der Waals surface area (Å²) in [6, 6.07) is 7.39. The largest absolute Gasteiger partial charge is 0.488 e. The molecular formula is C14H25BO3Si. The summed E-state index contributed by atoms with van der Waals surface area (Å²) >= 11 is 0. The predicted molar refractivity (Wildman–Crippen MR) is 83.1 cm³/mol. The van der Waals surface area contributed by atoms with Crippen LogP contribution in [0.15, 0.2) is 24.3 Å². The lowest BCUT2D eigenvalue weighted by atomic mass is 9.76. The Bertz CT molecular complexity index is 413. The molecule has 0 saturated carbocycles. The Balaban J connectivity index is 2.64. The highest BCUT2D eigenvalue weighted by Crippen LogP contribution is 2.36. The van der Waals surface area contributed by atoms with Gasteiger partial charge < -0.3 is 14.5 Å². The highest BCUT2D eigenvalue weighted by atomic mass is 28.4. The molecule has 1 rings (SSSR count). The predicted octanol–water partition coefficient (Wildman–Crippen LogP) is 1.93. The van der Waals surface area contributed by atoms with E-state index < -0.39 is 15.4 Å². The van der Waals surface area contributed by atoms with Crippen molar-refractivity contribution >= 4 is 20.9 Å². The molecule has 106 valence electrons. The summed E-state index contributed by atoms with van der Waals surface area (Å²) in [6.07, 6.45) is 0.709. The van der Waals surface area contributed by atoms with E-state index in [9.17, 15) is 10.0 Å². The molecule has 1 aromatic rings. The van der Waals surface area contributed by atoms with Crippen molar-refractivity contribution in [3.05, 3.63) is 29.8 Å². The number of benzene rings is 1. The van der Waals surface area contributed by atoms with Gasteiger partial charge in [-0.15, -0.1) is 0 Å². The van der Waals surface area contributed by atoms with Crippen LogP contribution in [0.1, 0.15) is 26.3 Å². The maximum atomic E-state index is 9.32. The zero-order valence-electron chi connectivity index (χ0n) is 12.6. The third-order valence-corrected chi connectivity index (χ3v) is 8.51. The summed E-state index contributed by atoms with van der Waals surface area (Å²) in [7, 11) is -3.14. The maximum Gasteiger partial charge on any atom is 0.488 e. The molecule has 0 unspecified atom stereocenters. The number of hydrogen-bond donors (Lipinski definition) is 2. The van der Waals surface area contributed by atoms with Crippen LogP contribution < -0.4 is 5.46 Å². The molecule has 2 N–H and O–H groups in total. The zero-order valence-corrected chi connectivity index (χ0v) is 13.6. The van der Waals surface area contributed by atoms with Gasteiger partial charge in [-0.1, -0.05) is 45.0 Å². The average Bonchev–Trinajstić information content (AvgIpc) is 2.27. The fourth-order valence-corrected chi connectivity index (χ4v) is 2.69. The van der Waals surface area contributed by atoms with Gasteiger partial charge in [0.05, 0.1) is 0 Å². The van der Waals surface area contributed by atoms with Crippen LogP contribution in [0.2, 0.25) is 18.1 Å². The highest BCUT2D eigenvalue weighted by molar-refractivity contribution is 6.74. The van der Waals surface area contributed by atoms with E-state index in [0.29, 0.717) is 18.5 Å². The summed E-state index contributed by atoms with van der Waals surface area (Å²) in [5, 5.41) is 18.8. The Morgan fingerprint density at radius 1 is 1.16 bits per heavy atom. The van der Waals surface area contributed by atoms with Gasteiger partial charge in [0, 0.05) is 6.61 Å². The molecule has 0 heterocycles. The van der Waals surface area contributed by atoms with E-state index in [1.165, 1.54) is 0 Å². The van der Waals surface area contributed by atoms with Crippen LogP contribution >= 0.6 is 0 Å². The van der Waals surface area contributed by atoms with Gasteiger partial charge in [-0.2, -0.15) is 0 Å². The first-order valence-corrected chi connectivity index (χ1v) is 9.64. The standard InChI is InChI=1S/C14H25BO3Si/c1-14(2,3)19(4,5)18-11-10-12-8-6-7-9-13(12)15(16)17/h6-9,16-17H,10-11H2,1-5H3. The van der Waals surface area contributed by atoms with Crippen molar-refractivity contribution < 1.29 is 14.5 Å². The highest BCUT2D eigenvalue weighted by Gasteiger charge is 2.36. The summed E-state index contributed by atoms with van der Waals surface area (Å²) in [5.41, 5.74) is 1.51. The molecule has 3 nitrogen and oxygen atoms in total. The summed E-state index contributed by atoms with van der Waals surface area (Å²) in [6.45, 7) is 11.7. The van der Waals surface area contributed by atoms with Crippen LogP contribution in [0.5, 0.6) is 0 Å². The Morgan fingerprint density at radius 3 is 2.26 bits per heavy atom. The molecule has 5 heteroatoms. The van der Waals surface area contributed by atoms with Gasteiger partial charge in [0.1, 0.15) is 0 Å². The smallest absolute Gasteiger partial charge is 0.423 e. The molecule has 0 bridgehead atoms. The molecule has 0 radical (unpaired) electrons. The monoisotopic (exact) mass is 280 g/mol. The van der Waals surface area contributed by atoms with Crippen LogP contribution in [-0.2, 0) is 10.8 Å². The van der Waals surface area contributed by atoms with Gasteiger partial charge in [-0.3, -0.25) is 0 Å². The molecule has 0 aromatic heterocycles. The fourth-order valence-electron chi connectivity index (χ4n) is 1.65. The van der Waals surface area contributed by atoms with Crippen LogP contribution in [-0.4, -0.2) is 32.1 Å². The molecule has 19 heavy (non-hydrogen) atoms. The van der Waals surface area contributed by atoms with Crippen molar-refractivity contribution in [3.8, 4) is 0 Å². The first-order valence-electron chi connectivity index (χ1n) is 6.73. The van der Waals surface area contributed by atoms with Gasteiger partial charge >= 0.3 is 7.12 Å². The molecule has 0 aliphatic heterocycles. The van der Waals surface area contributed by atoms with Crippen LogP contribution in [0.3, 0.4) is 0 Å². The second-order valence-corrected chi connectivity index (χ2v) is 11.2. The first kappa shape index (κ1) is 16.4. The molecule has 0 saturated heterocycles.